The van der Waals surface area contributed by atoms with Crippen LogP contribution in [0.2, 0.25) is 0 Å². The second-order valence-electron chi connectivity index (χ2n) is 5.47. The largest absolute Gasteiger partial charge is 0.248 e. The molecule has 0 aliphatic carbocycles. The summed E-state index contributed by atoms with van der Waals surface area (Å²) < 4.78 is 1.91. The van der Waals surface area contributed by atoms with Crippen LogP contribution in [0.5, 0.6) is 0 Å². The van der Waals surface area contributed by atoms with Gasteiger partial charge in [0.25, 0.3) is 0 Å². The molecule has 3 nitrogen and oxygen atoms in total. The van der Waals surface area contributed by atoms with Crippen LogP contribution in [0.1, 0.15) is 23.7 Å². The van der Waals surface area contributed by atoms with Crippen LogP contribution in [0.15, 0.2) is 65.7 Å². The van der Waals surface area contributed by atoms with Crippen LogP contribution in [0.3, 0.4) is 0 Å². The van der Waals surface area contributed by atoms with Crippen molar-refractivity contribution in [2.75, 3.05) is 5.75 Å². The Labute approximate surface area is 141 Å². The van der Waals surface area contributed by atoms with E-state index in [1.807, 2.05) is 40.8 Å². The summed E-state index contributed by atoms with van der Waals surface area (Å²) in [7, 11) is 0. The molecule has 118 valence electrons. The van der Waals surface area contributed by atoms with Crippen LogP contribution in [0.25, 0.3) is 0 Å². The molecular weight excluding hydrogens is 302 g/mol. The summed E-state index contributed by atoms with van der Waals surface area (Å²) in [6.45, 7) is 2.95. The van der Waals surface area contributed by atoms with Gasteiger partial charge in [-0.15, -0.1) is 16.9 Å². The van der Waals surface area contributed by atoms with E-state index in [1.165, 1.54) is 16.0 Å². The summed E-state index contributed by atoms with van der Waals surface area (Å²) in [6.07, 6.45) is 3.98. The van der Waals surface area contributed by atoms with Crippen LogP contribution in [0.4, 0.5) is 0 Å². The van der Waals surface area contributed by atoms with E-state index < -0.39 is 0 Å². The third kappa shape index (κ3) is 4.70. The van der Waals surface area contributed by atoms with Gasteiger partial charge in [0, 0.05) is 11.1 Å². The van der Waals surface area contributed by atoms with Crippen molar-refractivity contribution in [3.05, 3.63) is 77.6 Å². The van der Waals surface area contributed by atoms with Crippen LogP contribution < -0.4 is 0 Å². The highest BCUT2D eigenvalue weighted by atomic mass is 32.2. The molecule has 0 unspecified atom stereocenters. The zero-order valence-corrected chi connectivity index (χ0v) is 14.2. The normalized spacial score (nSPS) is 10.8. The zero-order valence-electron chi connectivity index (χ0n) is 13.4. The Bertz CT molecular complexity index is 720. The Balaban J connectivity index is 1.54. The van der Waals surface area contributed by atoms with Gasteiger partial charge in [0.1, 0.15) is 0 Å². The molecule has 3 aromatic rings. The van der Waals surface area contributed by atoms with Gasteiger partial charge in [0.2, 0.25) is 0 Å². The van der Waals surface area contributed by atoms with Gasteiger partial charge in [-0.2, -0.15) is 0 Å². The Morgan fingerprint density at radius 1 is 0.913 bits per heavy atom. The number of aryl methyl sites for hydroxylation is 2. The minimum absolute atomic E-state index is 0.775. The molecule has 0 atom stereocenters. The highest BCUT2D eigenvalue weighted by Crippen LogP contribution is 2.18. The topological polar surface area (TPSA) is 30.7 Å². The van der Waals surface area contributed by atoms with Crippen molar-refractivity contribution in [1.82, 2.24) is 15.0 Å². The zero-order chi connectivity index (χ0) is 15.9. The monoisotopic (exact) mass is 323 g/mol. The molecule has 0 N–H and O–H groups in total. The molecule has 2 aromatic carbocycles. The Kier molecular flexibility index (Phi) is 5.48. The highest BCUT2D eigenvalue weighted by molar-refractivity contribution is 7.99. The van der Waals surface area contributed by atoms with Crippen LogP contribution in [-0.2, 0) is 19.4 Å². The lowest BCUT2D eigenvalue weighted by atomic mass is 10.1. The molecule has 0 fully saturated rings. The minimum Gasteiger partial charge on any atom is -0.248 e. The molecule has 0 radical (unpaired) electrons. The molecule has 0 aliphatic heterocycles. The molecule has 1 aromatic heterocycles. The van der Waals surface area contributed by atoms with Crippen molar-refractivity contribution < 1.29 is 0 Å². The van der Waals surface area contributed by atoms with E-state index in [0.717, 1.165) is 30.8 Å². The molecule has 3 rings (SSSR count). The van der Waals surface area contributed by atoms with Gasteiger partial charge in [-0.25, -0.2) is 4.68 Å². The van der Waals surface area contributed by atoms with Crippen LogP contribution in [-0.4, -0.2) is 20.7 Å². The fourth-order valence-corrected chi connectivity index (χ4v) is 3.15. The molecule has 23 heavy (non-hydrogen) atoms. The summed E-state index contributed by atoms with van der Waals surface area (Å²) in [5.74, 6) is 1.11. The fraction of sp³-hybridized carbons (Fsp3) is 0.263. The maximum Gasteiger partial charge on any atom is 0.0830 e. The number of hydrogen-bond acceptors (Lipinski definition) is 3. The molecule has 0 saturated carbocycles. The van der Waals surface area contributed by atoms with Gasteiger partial charge < -0.3 is 0 Å². The number of nitrogens with zero attached hydrogens (tertiary/aromatic N) is 3. The predicted molar refractivity (Wildman–Crippen MR) is 95.8 cm³/mol. The average Bonchev–Trinajstić information content (AvgIpc) is 3.03. The van der Waals surface area contributed by atoms with E-state index in [9.17, 15) is 0 Å². The third-order valence-corrected chi connectivity index (χ3v) is 4.57. The van der Waals surface area contributed by atoms with Crippen LogP contribution in [0, 0.1) is 0 Å². The SMILES string of the molecule is CCSc1ccc(CCc2cn(Cc3ccccc3)nn2)cc1. The van der Waals surface area contributed by atoms with E-state index >= 15 is 0 Å². The molecule has 0 saturated heterocycles. The molecule has 4 heteroatoms. The van der Waals surface area contributed by atoms with Crippen molar-refractivity contribution in [3.8, 4) is 0 Å². The van der Waals surface area contributed by atoms with Crippen molar-refractivity contribution in [1.29, 1.82) is 0 Å². The van der Waals surface area contributed by atoms with Gasteiger partial charge in [0.15, 0.2) is 0 Å². The van der Waals surface area contributed by atoms with Crippen molar-refractivity contribution in [2.24, 2.45) is 0 Å². The van der Waals surface area contributed by atoms with Gasteiger partial charge in [-0.1, -0.05) is 54.6 Å². The Morgan fingerprint density at radius 2 is 1.70 bits per heavy atom. The first-order chi connectivity index (χ1) is 11.3. The first-order valence-corrected chi connectivity index (χ1v) is 8.96. The lowest BCUT2D eigenvalue weighted by Gasteiger charge is -2.02. The molecule has 1 heterocycles. The molecule has 0 bridgehead atoms. The van der Waals surface area contributed by atoms with E-state index in [0.29, 0.717) is 0 Å². The lowest BCUT2D eigenvalue weighted by molar-refractivity contribution is 0.649. The quantitative estimate of drug-likeness (QED) is 0.610. The molecule has 0 amide bonds. The fourth-order valence-electron chi connectivity index (χ4n) is 2.49. The maximum absolute atomic E-state index is 4.28. The summed E-state index contributed by atoms with van der Waals surface area (Å²) >= 11 is 1.88. The smallest absolute Gasteiger partial charge is 0.0830 e. The number of aromatic nitrogens is 3. The van der Waals surface area contributed by atoms with Gasteiger partial charge in [-0.05, 0) is 41.9 Å². The molecule has 0 spiro atoms. The summed E-state index contributed by atoms with van der Waals surface area (Å²) in [6, 6.07) is 19.2. The maximum atomic E-state index is 4.28. The molecular formula is C19H21N3S. The molecule has 0 aliphatic rings. The Morgan fingerprint density at radius 3 is 2.43 bits per heavy atom. The van der Waals surface area contributed by atoms with E-state index in [2.05, 4.69) is 53.6 Å². The van der Waals surface area contributed by atoms with E-state index in [-0.39, 0.29) is 0 Å². The average molecular weight is 323 g/mol. The van der Waals surface area contributed by atoms with E-state index in [1.54, 1.807) is 0 Å². The minimum atomic E-state index is 0.775. The highest BCUT2D eigenvalue weighted by Gasteiger charge is 2.03. The van der Waals surface area contributed by atoms with Gasteiger partial charge in [-0.3, -0.25) is 0 Å². The first kappa shape index (κ1) is 15.8. The predicted octanol–water partition coefficient (Wildman–Crippen LogP) is 4.22. The third-order valence-electron chi connectivity index (χ3n) is 3.68. The first-order valence-electron chi connectivity index (χ1n) is 7.98. The standard InChI is InChI=1S/C19H21N3S/c1-2-23-19-12-9-16(10-13-19)8-11-18-15-22(21-20-18)14-17-6-4-3-5-7-17/h3-7,9-10,12-13,15H,2,8,11,14H2,1H3. The van der Waals surface area contributed by atoms with E-state index in [4.69, 9.17) is 0 Å². The van der Waals surface area contributed by atoms with Gasteiger partial charge >= 0.3 is 0 Å². The second-order valence-corrected chi connectivity index (χ2v) is 6.81. The van der Waals surface area contributed by atoms with Gasteiger partial charge in [0.05, 0.1) is 12.2 Å². The Hall–Kier alpha value is -2.07. The summed E-state index contributed by atoms with van der Waals surface area (Å²) in [5.41, 5.74) is 3.64. The second kappa shape index (κ2) is 7.97. The van der Waals surface area contributed by atoms with Crippen molar-refractivity contribution in [3.63, 3.8) is 0 Å². The number of benzene rings is 2. The number of hydrogen-bond donors (Lipinski definition) is 0. The lowest BCUT2D eigenvalue weighted by Crippen LogP contribution is -1.99. The van der Waals surface area contributed by atoms with Crippen LogP contribution >= 0.6 is 11.8 Å². The number of rotatable bonds is 7. The van der Waals surface area contributed by atoms with Crippen molar-refractivity contribution >= 4 is 11.8 Å². The van der Waals surface area contributed by atoms with Crippen molar-refractivity contribution in [2.45, 2.75) is 31.2 Å². The number of thioether (sulfide) groups is 1. The summed E-state index contributed by atoms with van der Waals surface area (Å²) in [5, 5.41) is 8.51. The summed E-state index contributed by atoms with van der Waals surface area (Å²) in [4.78, 5) is 1.34.